The topological polar surface area (TPSA) is 48.3 Å². The van der Waals surface area contributed by atoms with Gasteiger partial charge in [0.1, 0.15) is 5.70 Å². The summed E-state index contributed by atoms with van der Waals surface area (Å²) in [6.07, 6.45) is -1.25. The summed E-state index contributed by atoms with van der Waals surface area (Å²) in [5.41, 5.74) is -0.830. The molecule has 4 unspecified atom stereocenters. The molecule has 0 aromatic carbocycles. The number of piperidine rings is 1. The number of fused-ring (bicyclic) bond motifs is 1. The number of rotatable bonds is 2. The zero-order valence-electron chi connectivity index (χ0n) is 15.9. The van der Waals surface area contributed by atoms with Crippen molar-refractivity contribution in [1.82, 2.24) is 9.91 Å². The van der Waals surface area contributed by atoms with Crippen molar-refractivity contribution in [2.24, 2.45) is 10.1 Å². The first-order valence-electron chi connectivity index (χ1n) is 9.39. The molecule has 0 radical (unpaired) electrons. The molecule has 10 heteroatoms. The maximum atomic E-state index is 13.8. The molecule has 0 spiro atoms. The first kappa shape index (κ1) is 20.4. The lowest BCUT2D eigenvalue weighted by molar-refractivity contribution is -0.140. The number of amides is 1. The molecule has 0 aliphatic carbocycles. The second-order valence-corrected chi connectivity index (χ2v) is 9.16. The second-order valence-electron chi connectivity index (χ2n) is 7.59. The SMILES string of the molecule is CC1CCCC(C)N1C(=O)C1(Cl)C=NN2C(C(F)(F)F)=CC(c3cccs3)=NC21. The normalized spacial score (nSPS) is 32.1. The van der Waals surface area contributed by atoms with Gasteiger partial charge in [-0.1, -0.05) is 17.7 Å². The van der Waals surface area contributed by atoms with Crippen LogP contribution in [0.2, 0.25) is 0 Å². The Morgan fingerprint density at radius 2 is 2.00 bits per heavy atom. The fourth-order valence-electron chi connectivity index (χ4n) is 4.12. The highest BCUT2D eigenvalue weighted by Gasteiger charge is 2.58. The predicted molar refractivity (Wildman–Crippen MR) is 107 cm³/mol. The molecule has 3 aliphatic rings. The number of thiophene rings is 1. The molecule has 0 N–H and O–H groups in total. The highest BCUT2D eigenvalue weighted by atomic mass is 35.5. The van der Waals surface area contributed by atoms with E-state index >= 15 is 0 Å². The Morgan fingerprint density at radius 1 is 1.31 bits per heavy atom. The Labute approximate surface area is 175 Å². The van der Waals surface area contributed by atoms with Gasteiger partial charge in [0.15, 0.2) is 6.17 Å². The number of aliphatic imine (C=N–C) groups is 1. The monoisotopic (exact) mass is 444 g/mol. The summed E-state index contributed by atoms with van der Waals surface area (Å²) in [7, 11) is 0. The lowest BCUT2D eigenvalue weighted by Gasteiger charge is -2.43. The quantitative estimate of drug-likeness (QED) is 0.635. The number of halogens is 4. The molecule has 1 amide bonds. The highest BCUT2D eigenvalue weighted by Crippen LogP contribution is 2.43. The fourth-order valence-corrected chi connectivity index (χ4v) is 5.09. The number of carbonyl (C=O) groups is 1. The van der Waals surface area contributed by atoms with E-state index in [9.17, 15) is 18.0 Å². The van der Waals surface area contributed by atoms with Crippen molar-refractivity contribution in [2.75, 3.05) is 0 Å². The van der Waals surface area contributed by atoms with Crippen LogP contribution in [0.15, 0.2) is 39.4 Å². The molecular weight excluding hydrogens is 425 g/mol. The number of likely N-dealkylation sites (tertiary alicyclic amines) is 1. The Hall–Kier alpha value is -1.87. The number of allylic oxidation sites excluding steroid dienone is 2. The van der Waals surface area contributed by atoms with Gasteiger partial charge in [0, 0.05) is 12.1 Å². The summed E-state index contributed by atoms with van der Waals surface area (Å²) >= 11 is 7.99. The molecule has 1 aromatic heterocycles. The first-order chi connectivity index (χ1) is 13.6. The van der Waals surface area contributed by atoms with Gasteiger partial charge in [0.05, 0.1) is 16.8 Å². The average molecular weight is 445 g/mol. The third-order valence-corrected chi connectivity index (χ3v) is 6.93. The van der Waals surface area contributed by atoms with E-state index < -0.39 is 28.8 Å². The summed E-state index contributed by atoms with van der Waals surface area (Å²) < 4.78 is 41.3. The van der Waals surface area contributed by atoms with Crippen LogP contribution in [0.3, 0.4) is 0 Å². The molecule has 0 bridgehead atoms. The number of alkyl halides is 4. The van der Waals surface area contributed by atoms with Crippen molar-refractivity contribution >= 4 is 40.8 Å². The summed E-state index contributed by atoms with van der Waals surface area (Å²) in [5, 5.41) is 6.36. The fraction of sp³-hybridized carbons (Fsp3) is 0.526. The van der Waals surface area contributed by atoms with Crippen LogP contribution in [0.25, 0.3) is 0 Å². The van der Waals surface area contributed by atoms with Crippen molar-refractivity contribution < 1.29 is 18.0 Å². The van der Waals surface area contributed by atoms with E-state index in [1.165, 1.54) is 11.3 Å². The minimum absolute atomic E-state index is 0.0497. The van der Waals surface area contributed by atoms with Crippen molar-refractivity contribution in [3.05, 3.63) is 34.2 Å². The number of carbonyl (C=O) groups excluding carboxylic acids is 1. The van der Waals surface area contributed by atoms with Crippen LogP contribution in [0.4, 0.5) is 13.2 Å². The van der Waals surface area contributed by atoms with E-state index in [0.29, 0.717) is 4.88 Å². The molecule has 4 heterocycles. The third-order valence-electron chi connectivity index (χ3n) is 5.58. The number of hydrogen-bond acceptors (Lipinski definition) is 5. The predicted octanol–water partition coefficient (Wildman–Crippen LogP) is 4.39. The van der Waals surface area contributed by atoms with Gasteiger partial charge in [0.25, 0.3) is 5.91 Å². The average Bonchev–Trinajstić information content (AvgIpc) is 3.29. The second kappa shape index (κ2) is 7.12. The van der Waals surface area contributed by atoms with E-state index in [0.717, 1.165) is 36.6 Å². The highest BCUT2D eigenvalue weighted by molar-refractivity contribution is 7.12. The molecule has 156 valence electrons. The van der Waals surface area contributed by atoms with Crippen molar-refractivity contribution in [2.45, 2.75) is 62.4 Å². The maximum absolute atomic E-state index is 13.8. The van der Waals surface area contributed by atoms with Gasteiger partial charge in [-0.15, -0.1) is 11.3 Å². The minimum Gasteiger partial charge on any atom is -0.335 e. The first-order valence-corrected chi connectivity index (χ1v) is 10.7. The van der Waals surface area contributed by atoms with Crippen LogP contribution in [-0.4, -0.2) is 57.0 Å². The summed E-state index contributed by atoms with van der Waals surface area (Å²) in [6, 6.07) is 3.32. The Kier molecular flexibility index (Phi) is 5.01. The maximum Gasteiger partial charge on any atom is 0.433 e. The van der Waals surface area contributed by atoms with Gasteiger partial charge in [-0.05, 0) is 50.6 Å². The Morgan fingerprint density at radius 3 is 2.59 bits per heavy atom. The van der Waals surface area contributed by atoms with Crippen LogP contribution in [0.5, 0.6) is 0 Å². The summed E-state index contributed by atoms with van der Waals surface area (Å²) in [5.74, 6) is -0.451. The van der Waals surface area contributed by atoms with E-state index in [2.05, 4.69) is 10.1 Å². The molecule has 4 rings (SSSR count). The number of hydrazone groups is 1. The van der Waals surface area contributed by atoms with Gasteiger partial charge in [-0.25, -0.2) is 5.01 Å². The van der Waals surface area contributed by atoms with Gasteiger partial charge < -0.3 is 4.90 Å². The van der Waals surface area contributed by atoms with Crippen LogP contribution >= 0.6 is 22.9 Å². The number of nitrogens with zero attached hydrogens (tertiary/aromatic N) is 4. The van der Waals surface area contributed by atoms with Crippen LogP contribution in [0.1, 0.15) is 38.0 Å². The summed E-state index contributed by atoms with van der Waals surface area (Å²) in [4.78, 5) is 18.4. The third kappa shape index (κ3) is 3.38. The van der Waals surface area contributed by atoms with Gasteiger partial charge in [-0.3, -0.25) is 9.79 Å². The van der Waals surface area contributed by atoms with Crippen molar-refractivity contribution in [1.29, 1.82) is 0 Å². The lowest BCUT2D eigenvalue weighted by atomic mass is 9.94. The smallest absolute Gasteiger partial charge is 0.335 e. The standard InChI is InChI=1S/C19H20ClF3N4OS/c1-11-5-3-6-12(2)26(11)17(28)18(20)10-24-27-15(19(21,22)23)9-13(25-16(18)27)14-7-4-8-29-14/h4,7-12,16H,3,5-6H2,1-2H3. The summed E-state index contributed by atoms with van der Waals surface area (Å²) in [6.45, 7) is 3.86. The molecule has 1 saturated heterocycles. The van der Waals surface area contributed by atoms with E-state index in [4.69, 9.17) is 11.6 Å². The zero-order chi connectivity index (χ0) is 21.0. The molecule has 4 atom stereocenters. The van der Waals surface area contributed by atoms with Crippen molar-refractivity contribution in [3.8, 4) is 0 Å². The molecule has 0 saturated carbocycles. The molecule has 3 aliphatic heterocycles. The molecule has 1 aromatic rings. The van der Waals surface area contributed by atoms with E-state index in [1.54, 1.807) is 22.4 Å². The molecular formula is C19H20ClF3N4OS. The molecule has 5 nitrogen and oxygen atoms in total. The van der Waals surface area contributed by atoms with Gasteiger partial charge in [0.2, 0.25) is 4.87 Å². The van der Waals surface area contributed by atoms with Crippen LogP contribution in [-0.2, 0) is 4.79 Å². The van der Waals surface area contributed by atoms with E-state index in [-0.39, 0.29) is 17.8 Å². The largest absolute Gasteiger partial charge is 0.433 e. The van der Waals surface area contributed by atoms with Crippen LogP contribution < -0.4 is 0 Å². The lowest BCUT2D eigenvalue weighted by Crippen LogP contribution is -2.60. The Balaban J connectivity index is 1.75. The van der Waals surface area contributed by atoms with Gasteiger partial charge in [-0.2, -0.15) is 18.3 Å². The Bertz CT molecular complexity index is 888. The zero-order valence-corrected chi connectivity index (χ0v) is 17.4. The minimum atomic E-state index is -4.66. The van der Waals surface area contributed by atoms with Crippen molar-refractivity contribution in [3.63, 3.8) is 0 Å². The van der Waals surface area contributed by atoms with Crippen LogP contribution in [0, 0.1) is 0 Å². The molecule has 29 heavy (non-hydrogen) atoms. The number of hydrogen-bond donors (Lipinski definition) is 0. The molecule has 1 fully saturated rings. The van der Waals surface area contributed by atoms with Gasteiger partial charge >= 0.3 is 6.18 Å². The van der Waals surface area contributed by atoms with E-state index in [1.807, 2.05) is 13.8 Å².